The Morgan fingerprint density at radius 3 is 2.71 bits per heavy atom. The third kappa shape index (κ3) is 7.83. The molecule has 0 saturated heterocycles. The Bertz CT molecular complexity index is 600. The lowest BCUT2D eigenvalue weighted by Gasteiger charge is -2.12. The summed E-state index contributed by atoms with van der Waals surface area (Å²) in [5, 5.41) is 6.59. The van der Waals surface area contributed by atoms with Gasteiger partial charge in [-0.2, -0.15) is 0 Å². The first-order valence-electron chi connectivity index (χ1n) is 7.87. The number of hydrogen-bond acceptors (Lipinski definition) is 3. The molecule has 0 aliphatic rings. The predicted molar refractivity (Wildman–Crippen MR) is 108 cm³/mol. The molecule has 1 aromatic heterocycles. The van der Waals surface area contributed by atoms with Gasteiger partial charge in [0.15, 0.2) is 5.96 Å². The molecule has 0 fully saturated rings. The van der Waals surface area contributed by atoms with Crippen molar-refractivity contribution < 1.29 is 9.15 Å². The zero-order valence-corrected chi connectivity index (χ0v) is 16.6. The second-order valence-corrected chi connectivity index (χ2v) is 5.33. The van der Waals surface area contributed by atoms with E-state index in [1.807, 2.05) is 12.1 Å². The first kappa shape index (κ1) is 20.5. The molecule has 2 aromatic rings. The van der Waals surface area contributed by atoms with Crippen molar-refractivity contribution in [1.29, 1.82) is 0 Å². The van der Waals surface area contributed by atoms with Crippen molar-refractivity contribution in [3.8, 4) is 0 Å². The van der Waals surface area contributed by atoms with Crippen molar-refractivity contribution in [2.75, 3.05) is 26.8 Å². The molecule has 2 N–H and O–H groups in total. The summed E-state index contributed by atoms with van der Waals surface area (Å²) >= 11 is 0. The maximum absolute atomic E-state index is 5.34. The van der Waals surface area contributed by atoms with Crippen LogP contribution < -0.4 is 10.6 Å². The largest absolute Gasteiger partial charge is 0.469 e. The Morgan fingerprint density at radius 1 is 1.17 bits per heavy atom. The average molecular weight is 443 g/mol. The number of aryl methyl sites for hydroxylation is 1. The van der Waals surface area contributed by atoms with Crippen LogP contribution in [-0.2, 0) is 17.7 Å². The molecule has 6 heteroatoms. The Balaban J connectivity index is 0.00000288. The molecule has 2 rings (SSSR count). The van der Waals surface area contributed by atoms with Gasteiger partial charge in [-0.25, -0.2) is 4.99 Å². The number of benzene rings is 1. The average Bonchev–Trinajstić information content (AvgIpc) is 3.06. The lowest BCUT2D eigenvalue weighted by molar-refractivity contribution is 0.203. The van der Waals surface area contributed by atoms with Gasteiger partial charge in [-0.1, -0.05) is 29.8 Å². The molecule has 0 aliphatic carbocycles. The minimum atomic E-state index is 0. The molecule has 5 nitrogen and oxygen atoms in total. The van der Waals surface area contributed by atoms with E-state index in [2.05, 4.69) is 46.8 Å². The van der Waals surface area contributed by atoms with Gasteiger partial charge in [0.05, 0.1) is 19.4 Å². The number of ether oxygens (including phenoxy) is 1. The quantitative estimate of drug-likeness (QED) is 0.285. The highest BCUT2D eigenvalue weighted by molar-refractivity contribution is 14.0. The highest BCUT2D eigenvalue weighted by atomic mass is 127. The molecule has 0 saturated carbocycles. The van der Waals surface area contributed by atoms with Crippen molar-refractivity contribution in [2.45, 2.75) is 19.9 Å². The van der Waals surface area contributed by atoms with Gasteiger partial charge in [0.25, 0.3) is 0 Å². The first-order valence-corrected chi connectivity index (χ1v) is 7.87. The number of halogens is 1. The monoisotopic (exact) mass is 443 g/mol. The van der Waals surface area contributed by atoms with Gasteiger partial charge in [-0.15, -0.1) is 24.0 Å². The lowest BCUT2D eigenvalue weighted by atomic mass is 10.1. The Kier molecular flexibility index (Phi) is 10.2. The smallest absolute Gasteiger partial charge is 0.191 e. The number of nitrogens with zero attached hydrogens (tertiary/aromatic N) is 1. The zero-order chi connectivity index (χ0) is 16.3. The van der Waals surface area contributed by atoms with E-state index < -0.39 is 0 Å². The molecule has 132 valence electrons. The summed E-state index contributed by atoms with van der Waals surface area (Å²) < 4.78 is 10.4. The van der Waals surface area contributed by atoms with Crippen LogP contribution in [0, 0.1) is 6.92 Å². The van der Waals surface area contributed by atoms with Crippen molar-refractivity contribution in [3.63, 3.8) is 0 Å². The van der Waals surface area contributed by atoms with Crippen LogP contribution in [0.3, 0.4) is 0 Å². The molecule has 0 bridgehead atoms. The summed E-state index contributed by atoms with van der Waals surface area (Å²) in [6, 6.07) is 12.3. The molecule has 0 atom stereocenters. The topological polar surface area (TPSA) is 58.8 Å². The SMILES string of the molecule is COCCNC(=NCc1cccc(C)c1)NCCc1ccco1.I. The molecule has 0 spiro atoms. The first-order chi connectivity index (χ1) is 11.3. The number of guanidine groups is 1. The van der Waals surface area contributed by atoms with Gasteiger partial charge < -0.3 is 19.8 Å². The number of aliphatic imine (C=N–C) groups is 1. The van der Waals surface area contributed by atoms with E-state index in [-0.39, 0.29) is 24.0 Å². The summed E-state index contributed by atoms with van der Waals surface area (Å²) in [5.41, 5.74) is 2.45. The van der Waals surface area contributed by atoms with E-state index in [0.717, 1.165) is 31.2 Å². The fourth-order valence-electron chi connectivity index (χ4n) is 2.19. The highest BCUT2D eigenvalue weighted by Crippen LogP contribution is 2.05. The van der Waals surface area contributed by atoms with Crippen LogP contribution in [0.2, 0.25) is 0 Å². The van der Waals surface area contributed by atoms with E-state index >= 15 is 0 Å². The maximum atomic E-state index is 5.34. The van der Waals surface area contributed by atoms with Crippen LogP contribution in [0.1, 0.15) is 16.9 Å². The normalized spacial score (nSPS) is 11.0. The summed E-state index contributed by atoms with van der Waals surface area (Å²) in [6.45, 7) is 4.86. The molecular formula is C18H26IN3O2. The standard InChI is InChI=1S/C18H25N3O2.HI/c1-15-5-3-6-16(13-15)14-21-18(20-10-12-22-2)19-9-8-17-7-4-11-23-17;/h3-7,11,13H,8-10,12,14H2,1-2H3,(H2,19,20,21);1H. The van der Waals surface area contributed by atoms with Crippen molar-refractivity contribution in [2.24, 2.45) is 4.99 Å². The fraction of sp³-hybridized carbons (Fsp3) is 0.389. The molecule has 1 aromatic carbocycles. The second kappa shape index (κ2) is 11.9. The molecule has 0 aliphatic heterocycles. The van der Waals surface area contributed by atoms with E-state index in [4.69, 9.17) is 9.15 Å². The molecule has 24 heavy (non-hydrogen) atoms. The number of furan rings is 1. The number of nitrogens with one attached hydrogen (secondary N) is 2. The van der Waals surface area contributed by atoms with Gasteiger partial charge in [0.1, 0.15) is 5.76 Å². The maximum Gasteiger partial charge on any atom is 0.191 e. The van der Waals surface area contributed by atoms with E-state index in [0.29, 0.717) is 13.2 Å². The molecule has 0 unspecified atom stereocenters. The van der Waals surface area contributed by atoms with Crippen LogP contribution in [0.25, 0.3) is 0 Å². The van der Waals surface area contributed by atoms with Gasteiger partial charge in [0.2, 0.25) is 0 Å². The summed E-state index contributed by atoms with van der Waals surface area (Å²) in [4.78, 5) is 4.63. The van der Waals surface area contributed by atoms with Gasteiger partial charge >= 0.3 is 0 Å². The van der Waals surface area contributed by atoms with Gasteiger partial charge in [-0.3, -0.25) is 0 Å². The van der Waals surface area contributed by atoms with Gasteiger partial charge in [-0.05, 0) is 24.6 Å². The molecular weight excluding hydrogens is 417 g/mol. The highest BCUT2D eigenvalue weighted by Gasteiger charge is 2.01. The van der Waals surface area contributed by atoms with Crippen molar-refractivity contribution in [3.05, 3.63) is 59.5 Å². The summed E-state index contributed by atoms with van der Waals surface area (Å²) in [7, 11) is 1.69. The van der Waals surface area contributed by atoms with E-state index in [1.54, 1.807) is 13.4 Å². The molecule has 0 amide bonds. The number of methoxy groups -OCH3 is 1. The van der Waals surface area contributed by atoms with Crippen molar-refractivity contribution in [1.82, 2.24) is 10.6 Å². The second-order valence-electron chi connectivity index (χ2n) is 5.33. The minimum absolute atomic E-state index is 0. The van der Waals surface area contributed by atoms with E-state index in [9.17, 15) is 0 Å². The van der Waals surface area contributed by atoms with Crippen LogP contribution >= 0.6 is 24.0 Å². The number of hydrogen-bond donors (Lipinski definition) is 2. The summed E-state index contributed by atoms with van der Waals surface area (Å²) in [5.74, 6) is 1.75. The molecule has 0 radical (unpaired) electrons. The number of rotatable bonds is 8. The Hall–Kier alpha value is -1.54. The third-order valence-electron chi connectivity index (χ3n) is 3.34. The Labute approximate surface area is 160 Å². The molecule has 1 heterocycles. The van der Waals surface area contributed by atoms with E-state index in [1.165, 1.54) is 11.1 Å². The Morgan fingerprint density at radius 2 is 2.00 bits per heavy atom. The minimum Gasteiger partial charge on any atom is -0.469 e. The third-order valence-corrected chi connectivity index (χ3v) is 3.34. The van der Waals surface area contributed by atoms with Crippen LogP contribution in [0.4, 0.5) is 0 Å². The zero-order valence-electron chi connectivity index (χ0n) is 14.2. The van der Waals surface area contributed by atoms with Crippen LogP contribution in [-0.4, -0.2) is 32.8 Å². The van der Waals surface area contributed by atoms with Crippen LogP contribution in [0.5, 0.6) is 0 Å². The van der Waals surface area contributed by atoms with Crippen LogP contribution in [0.15, 0.2) is 52.1 Å². The fourth-order valence-corrected chi connectivity index (χ4v) is 2.19. The lowest BCUT2D eigenvalue weighted by Crippen LogP contribution is -2.40. The van der Waals surface area contributed by atoms with Crippen molar-refractivity contribution >= 4 is 29.9 Å². The summed E-state index contributed by atoms with van der Waals surface area (Å²) in [6.07, 6.45) is 2.52. The van der Waals surface area contributed by atoms with Gasteiger partial charge in [0, 0.05) is 26.6 Å². The predicted octanol–water partition coefficient (Wildman–Crippen LogP) is 3.13.